The molecule has 2 aromatic carbocycles. The number of benzene rings is 2. The van der Waals surface area contributed by atoms with Crippen molar-refractivity contribution in [1.29, 1.82) is 0 Å². The largest absolute Gasteiger partial charge is 0.482 e. The minimum atomic E-state index is -4.68. The molecule has 3 aromatic heterocycles. The average molecular weight is 624 g/mol. The van der Waals surface area contributed by atoms with Gasteiger partial charge in [0.25, 0.3) is 11.5 Å². The predicted molar refractivity (Wildman–Crippen MR) is 148 cm³/mol. The molecule has 5 heterocycles. The number of hydrogen-bond acceptors (Lipinski definition) is 6. The third-order valence-electron chi connectivity index (χ3n) is 8.17. The molecule has 3 aliphatic rings. The molecule has 44 heavy (non-hydrogen) atoms. The van der Waals surface area contributed by atoms with Crippen LogP contribution < -0.4 is 15.6 Å². The Bertz CT molecular complexity index is 2090. The third kappa shape index (κ3) is 4.19. The van der Waals surface area contributed by atoms with Gasteiger partial charge in [0.2, 0.25) is 5.95 Å². The van der Waals surface area contributed by atoms with Crippen LogP contribution >= 0.6 is 11.6 Å². The molecule has 0 saturated heterocycles. The molecule has 5 aromatic rings. The van der Waals surface area contributed by atoms with E-state index in [2.05, 4.69) is 25.6 Å². The number of anilines is 1. The molecule has 0 bridgehead atoms. The van der Waals surface area contributed by atoms with Crippen LogP contribution in [0.2, 0.25) is 5.02 Å². The third-order valence-corrected chi connectivity index (χ3v) is 8.41. The molecule has 15 heteroatoms. The van der Waals surface area contributed by atoms with E-state index >= 15 is 4.39 Å². The highest BCUT2D eigenvalue weighted by Crippen LogP contribution is 2.61. The first-order chi connectivity index (χ1) is 21.0. The van der Waals surface area contributed by atoms with Crippen LogP contribution in [0.5, 0.6) is 5.75 Å². The molecule has 0 radical (unpaired) electrons. The van der Waals surface area contributed by atoms with E-state index in [0.717, 1.165) is 10.9 Å². The first-order valence-electron chi connectivity index (χ1n) is 13.4. The molecule has 1 saturated carbocycles. The van der Waals surface area contributed by atoms with Crippen molar-refractivity contribution in [3.8, 4) is 34.0 Å². The van der Waals surface area contributed by atoms with Crippen molar-refractivity contribution >= 4 is 23.2 Å². The minimum absolute atomic E-state index is 0.0228. The van der Waals surface area contributed by atoms with Gasteiger partial charge < -0.3 is 19.6 Å². The van der Waals surface area contributed by atoms with E-state index in [1.807, 2.05) is 0 Å². The maximum absolute atomic E-state index is 15.4. The van der Waals surface area contributed by atoms with E-state index in [4.69, 9.17) is 16.3 Å². The maximum atomic E-state index is 15.4. The van der Waals surface area contributed by atoms with Crippen molar-refractivity contribution in [2.24, 2.45) is 5.92 Å². The summed E-state index contributed by atoms with van der Waals surface area (Å²) in [6, 6.07) is 12.0. The molecule has 1 fully saturated rings. The first-order valence-corrected chi connectivity index (χ1v) is 13.8. The minimum Gasteiger partial charge on any atom is -0.482 e. The number of alkyl halides is 3. The molecule has 0 spiro atoms. The number of amides is 1. The summed E-state index contributed by atoms with van der Waals surface area (Å²) in [5.74, 6) is -0.416. The zero-order valence-electron chi connectivity index (χ0n) is 22.2. The van der Waals surface area contributed by atoms with Gasteiger partial charge in [-0.15, -0.1) is 5.10 Å². The summed E-state index contributed by atoms with van der Waals surface area (Å²) in [6.07, 6.45) is -3.20. The van der Waals surface area contributed by atoms with Crippen LogP contribution in [-0.2, 0) is 11.0 Å². The number of carbonyl (C=O) groups excluding carboxylic acids is 1. The number of carbonyl (C=O) groups is 1. The van der Waals surface area contributed by atoms with Gasteiger partial charge in [0.1, 0.15) is 11.6 Å². The van der Waals surface area contributed by atoms with Crippen LogP contribution in [0.1, 0.15) is 35.5 Å². The quantitative estimate of drug-likeness (QED) is 0.261. The number of rotatable bonds is 4. The van der Waals surface area contributed by atoms with Gasteiger partial charge in [-0.1, -0.05) is 16.8 Å². The average Bonchev–Trinajstić information content (AvgIpc) is 3.28. The Labute approximate surface area is 249 Å². The fraction of sp³-hybridized carbons (Fsp3) is 0.207. The molecule has 8 rings (SSSR count). The second kappa shape index (κ2) is 9.26. The summed E-state index contributed by atoms with van der Waals surface area (Å²) in [6.45, 7) is -0.134. The Morgan fingerprint density at radius 3 is 2.68 bits per heavy atom. The van der Waals surface area contributed by atoms with E-state index < -0.39 is 29.4 Å². The van der Waals surface area contributed by atoms with Gasteiger partial charge >= 0.3 is 6.18 Å². The lowest BCUT2D eigenvalue weighted by molar-refractivity contribution is -0.141. The summed E-state index contributed by atoms with van der Waals surface area (Å²) in [4.78, 5) is 32.4. The molecule has 2 aliphatic heterocycles. The lowest BCUT2D eigenvalue weighted by atomic mass is 10.0. The Hall–Kier alpha value is -4.98. The van der Waals surface area contributed by atoms with Crippen LogP contribution in [0, 0.1) is 11.9 Å². The van der Waals surface area contributed by atoms with Crippen molar-refractivity contribution in [3.05, 3.63) is 93.1 Å². The van der Waals surface area contributed by atoms with Crippen LogP contribution in [0.3, 0.4) is 0 Å². The Balaban J connectivity index is 1.17. The van der Waals surface area contributed by atoms with E-state index in [0.29, 0.717) is 45.3 Å². The molecule has 3 unspecified atom stereocenters. The number of aromatic nitrogens is 6. The number of pyridine rings is 1. The van der Waals surface area contributed by atoms with E-state index in [1.165, 1.54) is 22.8 Å². The molecule has 2 N–H and O–H groups in total. The number of ether oxygens (including phenoxy) is 1. The number of nitrogens with one attached hydrogen (secondary N) is 2. The maximum Gasteiger partial charge on any atom is 0.436 e. The van der Waals surface area contributed by atoms with Crippen molar-refractivity contribution < 1.29 is 27.1 Å². The fourth-order valence-corrected chi connectivity index (χ4v) is 6.32. The highest BCUT2D eigenvalue weighted by Gasteiger charge is 2.54. The zero-order chi connectivity index (χ0) is 30.5. The molecule has 3 atom stereocenters. The number of imidazole rings is 1. The normalized spacial score (nSPS) is 20.0. The second-order valence-electron chi connectivity index (χ2n) is 10.9. The van der Waals surface area contributed by atoms with Crippen molar-refractivity contribution in [2.75, 3.05) is 11.9 Å². The molecule has 222 valence electrons. The van der Waals surface area contributed by atoms with Crippen LogP contribution in [0.15, 0.2) is 59.5 Å². The Morgan fingerprint density at radius 2 is 1.89 bits per heavy atom. The van der Waals surface area contributed by atoms with E-state index in [-0.39, 0.29) is 41.6 Å². The van der Waals surface area contributed by atoms with Crippen molar-refractivity contribution in [2.45, 2.75) is 24.6 Å². The molecular weight excluding hydrogens is 606 g/mol. The molecule has 10 nitrogen and oxygen atoms in total. The van der Waals surface area contributed by atoms with Crippen LogP contribution in [0.4, 0.5) is 23.2 Å². The van der Waals surface area contributed by atoms with Gasteiger partial charge in [-0.25, -0.2) is 9.67 Å². The van der Waals surface area contributed by atoms with Crippen LogP contribution in [-0.4, -0.2) is 42.0 Å². The van der Waals surface area contributed by atoms with Crippen molar-refractivity contribution in [3.63, 3.8) is 0 Å². The van der Waals surface area contributed by atoms with Gasteiger partial charge in [0.05, 0.1) is 29.3 Å². The lowest BCUT2D eigenvalue weighted by Gasteiger charge is -2.19. The SMILES string of the molecule is O=C1COc2cc(-c3nc(F)c(C4C5CC5c5cc(-c6cc(Cl)ccc6-n6cc(C(F)(F)F)nn6)cc(=O)n54)[nH]3)ccc2N1. The number of halogens is 5. The Kier molecular flexibility index (Phi) is 5.60. The molecule has 1 amide bonds. The number of fused-ring (bicyclic) bond motifs is 4. The highest BCUT2D eigenvalue weighted by atomic mass is 35.5. The van der Waals surface area contributed by atoms with Gasteiger partial charge in [-0.2, -0.15) is 17.6 Å². The first kappa shape index (κ1) is 26.6. The summed E-state index contributed by atoms with van der Waals surface area (Å²) in [7, 11) is 0. The summed E-state index contributed by atoms with van der Waals surface area (Å²) >= 11 is 6.26. The van der Waals surface area contributed by atoms with Crippen molar-refractivity contribution in [1.82, 2.24) is 29.5 Å². The van der Waals surface area contributed by atoms with Gasteiger partial charge in [-0.05, 0) is 60.4 Å². The summed E-state index contributed by atoms with van der Waals surface area (Å²) in [5.41, 5.74) is 1.37. The van der Waals surface area contributed by atoms with E-state index in [1.54, 1.807) is 30.3 Å². The summed E-state index contributed by atoms with van der Waals surface area (Å²) in [5, 5.41) is 9.89. The van der Waals surface area contributed by atoms with Gasteiger partial charge in [0.15, 0.2) is 12.3 Å². The number of H-pyrrole nitrogens is 1. The molecular formula is C29H18ClF4N7O3. The lowest BCUT2D eigenvalue weighted by Crippen LogP contribution is -2.26. The monoisotopic (exact) mass is 623 g/mol. The van der Waals surface area contributed by atoms with Gasteiger partial charge in [-0.3, -0.25) is 9.59 Å². The number of aromatic amines is 1. The number of nitrogens with zero attached hydrogens (tertiary/aromatic N) is 5. The van der Waals surface area contributed by atoms with E-state index in [9.17, 15) is 22.8 Å². The second-order valence-corrected chi connectivity index (χ2v) is 11.3. The summed E-state index contributed by atoms with van der Waals surface area (Å²) < 4.78 is 63.0. The Morgan fingerprint density at radius 1 is 1.05 bits per heavy atom. The highest BCUT2D eigenvalue weighted by molar-refractivity contribution is 6.31. The van der Waals surface area contributed by atoms with Crippen LogP contribution in [0.25, 0.3) is 28.2 Å². The smallest absolute Gasteiger partial charge is 0.436 e. The predicted octanol–water partition coefficient (Wildman–Crippen LogP) is 5.33. The fourth-order valence-electron chi connectivity index (χ4n) is 6.15. The standard InChI is InChI=1S/C29H18ClF4N7O3/c30-14-2-4-19(40-10-22(38-39-40)29(32,33)34)15(8-14)13-5-20-16-9-17(16)26(41(20)24(43)7-13)25-27(31)37-28(36-25)12-1-3-18-21(6-12)44-11-23(42)35-18/h1-8,10,16-17,26H,9,11H2,(H,35,42)(H,36,37). The van der Waals surface area contributed by atoms with Gasteiger partial charge in [0, 0.05) is 33.8 Å². The zero-order valence-corrected chi connectivity index (χ0v) is 22.9. The number of hydrogen-bond donors (Lipinski definition) is 2. The molecule has 1 aliphatic carbocycles. The topological polar surface area (TPSA) is 120 Å².